The van der Waals surface area contributed by atoms with E-state index in [2.05, 4.69) is 25.3 Å². The van der Waals surface area contributed by atoms with Gasteiger partial charge < -0.3 is 19.1 Å². The van der Waals surface area contributed by atoms with Gasteiger partial charge in [-0.15, -0.1) is 0 Å². The first-order chi connectivity index (χ1) is 14.5. The summed E-state index contributed by atoms with van der Waals surface area (Å²) >= 11 is 0. The number of aryl methyl sites for hydroxylation is 3. The van der Waals surface area contributed by atoms with Crippen LogP contribution in [0.25, 0.3) is 22.2 Å². The molecule has 0 fully saturated rings. The van der Waals surface area contributed by atoms with Crippen LogP contribution in [-0.4, -0.2) is 33.7 Å². The first-order valence-electron chi connectivity index (χ1n) is 10.6. The Morgan fingerprint density at radius 3 is 2.26 bits per heavy atom. The van der Waals surface area contributed by atoms with E-state index in [4.69, 9.17) is 14.5 Å². The van der Waals surface area contributed by atoms with Crippen molar-refractivity contribution in [3.05, 3.63) is 52.6 Å². The summed E-state index contributed by atoms with van der Waals surface area (Å²) in [5.41, 5.74) is 5.79. The Labute approximate surface area is 183 Å². The minimum absolute atomic E-state index is 0.300. The largest absolute Gasteiger partial charge is 0.366 e. The highest BCUT2D eigenvalue weighted by molar-refractivity contribution is 5.99. The lowest BCUT2D eigenvalue weighted by Gasteiger charge is -2.32. The summed E-state index contributed by atoms with van der Waals surface area (Å²) in [6, 6.07) is 6.43. The number of pyridine rings is 1. The summed E-state index contributed by atoms with van der Waals surface area (Å²) in [5.74, 6) is -0.300. The van der Waals surface area contributed by atoms with Crippen LogP contribution in [0.2, 0.25) is 0 Å². The highest BCUT2D eigenvalue weighted by Gasteiger charge is 2.33. The van der Waals surface area contributed by atoms with Gasteiger partial charge in [0.25, 0.3) is 0 Å². The molecular weight excluding hydrogens is 395 g/mol. The number of fused-ring (bicyclic) bond motifs is 1. The van der Waals surface area contributed by atoms with Gasteiger partial charge in [0.05, 0.1) is 5.60 Å². The predicted octanol–water partition coefficient (Wildman–Crippen LogP) is 5.61. The Morgan fingerprint density at radius 1 is 1.13 bits per heavy atom. The zero-order valence-electron chi connectivity index (χ0n) is 19.7. The Balaban J connectivity index is 2.47. The number of methoxy groups -OCH3 is 1. The lowest BCUT2D eigenvalue weighted by Crippen LogP contribution is -2.32. The molecule has 3 aromatic rings. The molecule has 0 saturated heterocycles. The van der Waals surface area contributed by atoms with Crippen LogP contribution in [0.1, 0.15) is 56.3 Å². The van der Waals surface area contributed by atoms with Gasteiger partial charge in [0.2, 0.25) is 0 Å². The number of nitrogens with zero attached hydrogens (tertiary/aromatic N) is 2. The van der Waals surface area contributed by atoms with Crippen molar-refractivity contribution in [2.45, 2.75) is 73.0 Å². The fourth-order valence-electron chi connectivity index (χ4n) is 4.21. The van der Waals surface area contributed by atoms with Crippen molar-refractivity contribution < 1.29 is 19.0 Å². The fourth-order valence-corrected chi connectivity index (χ4v) is 4.21. The normalized spacial score (nSPS) is 14.3. The molecule has 168 valence electrons. The van der Waals surface area contributed by atoms with Crippen LogP contribution in [0, 0.1) is 26.6 Å². The number of aromatic nitrogens is 2. The molecule has 0 spiro atoms. The van der Waals surface area contributed by atoms with E-state index in [9.17, 15) is 9.50 Å². The van der Waals surface area contributed by atoms with Crippen molar-refractivity contribution in [1.82, 2.24) is 9.55 Å². The van der Waals surface area contributed by atoms with E-state index < -0.39 is 18.0 Å². The van der Waals surface area contributed by atoms with Crippen molar-refractivity contribution in [1.29, 1.82) is 0 Å². The number of halogens is 1. The van der Waals surface area contributed by atoms with Crippen molar-refractivity contribution in [3.8, 4) is 11.1 Å². The maximum atomic E-state index is 13.8. The molecule has 1 unspecified atom stereocenters. The van der Waals surface area contributed by atoms with Crippen molar-refractivity contribution in [2.24, 2.45) is 0 Å². The lowest BCUT2D eigenvalue weighted by atomic mass is 9.90. The van der Waals surface area contributed by atoms with Crippen molar-refractivity contribution >= 4 is 11.0 Å². The van der Waals surface area contributed by atoms with E-state index in [1.807, 2.05) is 27.7 Å². The maximum absolute atomic E-state index is 13.8. The minimum Gasteiger partial charge on any atom is -0.366 e. The van der Waals surface area contributed by atoms with Crippen molar-refractivity contribution in [2.75, 3.05) is 7.11 Å². The van der Waals surface area contributed by atoms with Gasteiger partial charge in [0.15, 0.2) is 6.29 Å². The second-order valence-electron chi connectivity index (χ2n) is 8.92. The smallest absolute Gasteiger partial charge is 0.185 e. The zero-order chi connectivity index (χ0) is 23.1. The predicted molar refractivity (Wildman–Crippen MR) is 122 cm³/mol. The number of hydrogen-bond acceptors (Lipinski definition) is 4. The average molecular weight is 429 g/mol. The third-order valence-corrected chi connectivity index (χ3v) is 5.70. The van der Waals surface area contributed by atoms with E-state index in [0.29, 0.717) is 0 Å². The molecule has 0 amide bonds. The molecule has 2 heterocycles. The monoisotopic (exact) mass is 428 g/mol. The van der Waals surface area contributed by atoms with Crippen LogP contribution < -0.4 is 0 Å². The topological polar surface area (TPSA) is 56.5 Å². The average Bonchev–Trinajstić information content (AvgIpc) is 2.94. The third-order valence-electron chi connectivity index (χ3n) is 5.70. The van der Waals surface area contributed by atoms with Gasteiger partial charge in [-0.1, -0.05) is 12.1 Å². The fraction of sp³-hybridized carbons (Fsp3) is 0.480. The van der Waals surface area contributed by atoms with Gasteiger partial charge >= 0.3 is 0 Å². The molecule has 0 bridgehead atoms. The van der Waals surface area contributed by atoms with Gasteiger partial charge in [0, 0.05) is 41.6 Å². The van der Waals surface area contributed by atoms with Crippen LogP contribution in [0.5, 0.6) is 0 Å². The number of benzene rings is 1. The Kier molecular flexibility index (Phi) is 6.56. The first kappa shape index (κ1) is 23.4. The van der Waals surface area contributed by atoms with Crippen molar-refractivity contribution in [3.63, 3.8) is 0 Å². The van der Waals surface area contributed by atoms with Crippen LogP contribution in [-0.2, 0) is 16.0 Å². The summed E-state index contributed by atoms with van der Waals surface area (Å²) in [4.78, 5) is 4.94. The summed E-state index contributed by atoms with van der Waals surface area (Å²) < 4.78 is 27.5. The number of ether oxygens (including phenoxy) is 2. The van der Waals surface area contributed by atoms with Crippen LogP contribution >= 0.6 is 0 Å². The molecule has 0 aliphatic carbocycles. The van der Waals surface area contributed by atoms with E-state index in [1.54, 1.807) is 12.1 Å². The molecule has 0 aliphatic heterocycles. The van der Waals surface area contributed by atoms with Crippen LogP contribution in [0.15, 0.2) is 24.3 Å². The number of aliphatic hydroxyl groups is 1. The van der Waals surface area contributed by atoms with Gasteiger partial charge in [-0.3, -0.25) is 0 Å². The number of aliphatic hydroxyl groups excluding tert-OH is 1. The summed E-state index contributed by atoms with van der Waals surface area (Å²) in [6.45, 7) is 14.8. The third kappa shape index (κ3) is 4.38. The lowest BCUT2D eigenvalue weighted by molar-refractivity contribution is -0.198. The quantitative estimate of drug-likeness (QED) is 0.519. The molecule has 0 aliphatic rings. The molecule has 3 rings (SSSR count). The molecule has 2 atom stereocenters. The van der Waals surface area contributed by atoms with E-state index in [1.165, 1.54) is 19.2 Å². The zero-order valence-corrected chi connectivity index (χ0v) is 19.7. The van der Waals surface area contributed by atoms with E-state index in [0.717, 1.165) is 51.2 Å². The standard InChI is InChI=1S/C25H33FN2O3/c1-9-28-16(4)14(2)19-21(17-10-12-18(26)13-11-17)20(15(3)27-23(19)28)22(24(29)30-8)31-25(5,6)7/h10-13,22,24,29H,9H2,1-8H3/t22?,24-/m0/s1. The van der Waals surface area contributed by atoms with Crippen LogP contribution in [0.4, 0.5) is 4.39 Å². The van der Waals surface area contributed by atoms with E-state index in [-0.39, 0.29) is 5.82 Å². The van der Waals surface area contributed by atoms with Gasteiger partial charge in [0.1, 0.15) is 17.6 Å². The second kappa shape index (κ2) is 8.69. The highest BCUT2D eigenvalue weighted by Crippen LogP contribution is 2.43. The number of rotatable bonds is 6. The van der Waals surface area contributed by atoms with Gasteiger partial charge in [-0.05, 0) is 71.7 Å². The second-order valence-corrected chi connectivity index (χ2v) is 8.92. The summed E-state index contributed by atoms with van der Waals surface area (Å²) in [5, 5.41) is 11.8. The Bertz CT molecular complexity index is 1080. The molecule has 2 aromatic heterocycles. The molecule has 6 heteroatoms. The Morgan fingerprint density at radius 2 is 1.74 bits per heavy atom. The SMILES string of the molecule is CCn1c(C)c(C)c2c(-c3ccc(F)cc3)c(C(OC(C)(C)C)[C@@H](O)OC)c(C)nc21. The highest BCUT2D eigenvalue weighted by atomic mass is 19.1. The molecular formula is C25H33FN2O3. The molecule has 0 radical (unpaired) electrons. The van der Waals surface area contributed by atoms with Crippen LogP contribution in [0.3, 0.4) is 0 Å². The first-order valence-corrected chi connectivity index (χ1v) is 10.6. The van der Waals surface area contributed by atoms with Gasteiger partial charge in [-0.25, -0.2) is 9.37 Å². The summed E-state index contributed by atoms with van der Waals surface area (Å²) in [6.07, 6.45) is -1.96. The number of hydrogen-bond donors (Lipinski definition) is 1. The molecule has 5 nitrogen and oxygen atoms in total. The summed E-state index contributed by atoms with van der Waals surface area (Å²) in [7, 11) is 1.45. The molecule has 31 heavy (non-hydrogen) atoms. The Hall–Kier alpha value is -2.28. The molecule has 1 N–H and O–H groups in total. The molecule has 1 aromatic carbocycles. The van der Waals surface area contributed by atoms with Gasteiger partial charge in [-0.2, -0.15) is 0 Å². The minimum atomic E-state index is -1.19. The molecule has 0 saturated carbocycles. The van der Waals surface area contributed by atoms with E-state index >= 15 is 0 Å². The maximum Gasteiger partial charge on any atom is 0.185 e.